The molecule has 114 valence electrons. The zero-order valence-corrected chi connectivity index (χ0v) is 12.2. The van der Waals surface area contributed by atoms with Crippen LogP contribution in [0.1, 0.15) is 11.1 Å². The molecule has 0 unspecified atom stereocenters. The number of thiocarbonyl (C=S) groups is 1. The third kappa shape index (κ3) is 5.10. The number of hydrogen-bond acceptors (Lipinski definition) is 3. The molecule has 4 nitrogen and oxygen atoms in total. The fourth-order valence-corrected chi connectivity index (χ4v) is 1.76. The highest BCUT2D eigenvalue weighted by Gasteiger charge is 2.02. The van der Waals surface area contributed by atoms with Gasteiger partial charge >= 0.3 is 0 Å². The average molecular weight is 321 g/mol. The monoisotopic (exact) mass is 321 g/mol. The standard InChI is InChI=1S/C15H13F2N3OS/c16-12-5-13(17)7-14(6-12)21-9-11-3-1-2-10(4-11)8-19-20-15(18)22/h1-8H,9H2,(H3,18,20,22). The second kappa shape index (κ2) is 7.46. The highest BCUT2D eigenvalue weighted by molar-refractivity contribution is 7.80. The first-order valence-electron chi connectivity index (χ1n) is 6.29. The number of hydrazone groups is 1. The molecule has 7 heteroatoms. The van der Waals surface area contributed by atoms with Crippen molar-refractivity contribution in [1.82, 2.24) is 5.43 Å². The number of ether oxygens (including phenoxy) is 1. The van der Waals surface area contributed by atoms with Crippen molar-refractivity contribution >= 4 is 23.5 Å². The summed E-state index contributed by atoms with van der Waals surface area (Å²) in [6.07, 6.45) is 1.55. The van der Waals surface area contributed by atoms with Gasteiger partial charge in [0.25, 0.3) is 0 Å². The number of nitrogens with two attached hydrogens (primary N) is 1. The van der Waals surface area contributed by atoms with Gasteiger partial charge in [0.1, 0.15) is 24.0 Å². The normalized spacial score (nSPS) is 10.6. The summed E-state index contributed by atoms with van der Waals surface area (Å²) in [5.74, 6) is -1.23. The molecule has 0 saturated heterocycles. The topological polar surface area (TPSA) is 59.6 Å². The quantitative estimate of drug-likeness (QED) is 0.505. The van der Waals surface area contributed by atoms with Gasteiger partial charge in [0.05, 0.1) is 6.21 Å². The van der Waals surface area contributed by atoms with Gasteiger partial charge in [-0.2, -0.15) is 5.10 Å². The van der Waals surface area contributed by atoms with Crippen LogP contribution in [-0.4, -0.2) is 11.3 Å². The van der Waals surface area contributed by atoms with Crippen molar-refractivity contribution in [2.24, 2.45) is 10.8 Å². The Bertz CT molecular complexity index is 687. The van der Waals surface area contributed by atoms with Crippen LogP contribution in [-0.2, 0) is 6.61 Å². The summed E-state index contributed by atoms with van der Waals surface area (Å²) in [6, 6.07) is 10.3. The maximum Gasteiger partial charge on any atom is 0.184 e. The van der Waals surface area contributed by atoms with Gasteiger partial charge in [0.15, 0.2) is 5.11 Å². The Morgan fingerprint density at radius 2 is 1.95 bits per heavy atom. The van der Waals surface area contributed by atoms with Crippen LogP contribution >= 0.6 is 12.2 Å². The van der Waals surface area contributed by atoms with Crippen molar-refractivity contribution in [1.29, 1.82) is 0 Å². The molecule has 2 aromatic rings. The number of hydrogen-bond donors (Lipinski definition) is 2. The van der Waals surface area contributed by atoms with E-state index in [2.05, 4.69) is 22.7 Å². The van der Waals surface area contributed by atoms with Crippen LogP contribution in [0.15, 0.2) is 47.6 Å². The van der Waals surface area contributed by atoms with Gasteiger partial charge in [-0.1, -0.05) is 18.2 Å². The summed E-state index contributed by atoms with van der Waals surface area (Å²) >= 11 is 4.63. The van der Waals surface area contributed by atoms with E-state index in [1.807, 2.05) is 24.3 Å². The first-order chi connectivity index (χ1) is 10.5. The molecule has 0 aromatic heterocycles. The molecule has 0 heterocycles. The van der Waals surface area contributed by atoms with E-state index in [0.29, 0.717) is 0 Å². The second-order valence-corrected chi connectivity index (χ2v) is 4.81. The minimum atomic E-state index is -0.681. The molecular weight excluding hydrogens is 308 g/mol. The summed E-state index contributed by atoms with van der Waals surface area (Å²) in [5.41, 5.74) is 9.32. The van der Waals surface area contributed by atoms with Crippen LogP contribution in [0.3, 0.4) is 0 Å². The minimum absolute atomic E-state index is 0.0730. The van der Waals surface area contributed by atoms with Crippen LogP contribution < -0.4 is 15.9 Å². The Morgan fingerprint density at radius 3 is 2.64 bits per heavy atom. The first kappa shape index (κ1) is 15.8. The number of benzene rings is 2. The number of halogens is 2. The van der Waals surface area contributed by atoms with Crippen LogP contribution in [0.2, 0.25) is 0 Å². The third-order valence-corrected chi connectivity index (χ3v) is 2.67. The van der Waals surface area contributed by atoms with Crippen molar-refractivity contribution in [2.75, 3.05) is 0 Å². The summed E-state index contributed by atoms with van der Waals surface area (Å²) in [5, 5.41) is 3.92. The Balaban J connectivity index is 2.01. The lowest BCUT2D eigenvalue weighted by Gasteiger charge is -2.07. The van der Waals surface area contributed by atoms with E-state index in [9.17, 15) is 8.78 Å². The Kier molecular flexibility index (Phi) is 5.37. The van der Waals surface area contributed by atoms with E-state index in [-0.39, 0.29) is 17.5 Å². The van der Waals surface area contributed by atoms with Gasteiger partial charge in [0.2, 0.25) is 0 Å². The third-order valence-electron chi connectivity index (χ3n) is 2.58. The zero-order chi connectivity index (χ0) is 15.9. The predicted molar refractivity (Wildman–Crippen MR) is 84.6 cm³/mol. The summed E-state index contributed by atoms with van der Waals surface area (Å²) < 4.78 is 31.5. The second-order valence-electron chi connectivity index (χ2n) is 4.37. The molecule has 0 radical (unpaired) electrons. The molecule has 2 aromatic carbocycles. The minimum Gasteiger partial charge on any atom is -0.489 e. The zero-order valence-electron chi connectivity index (χ0n) is 11.4. The molecule has 3 N–H and O–H groups in total. The van der Waals surface area contributed by atoms with Crippen LogP contribution in [0.5, 0.6) is 5.75 Å². The summed E-state index contributed by atoms with van der Waals surface area (Å²) in [4.78, 5) is 0. The van der Waals surface area contributed by atoms with Crippen LogP contribution in [0, 0.1) is 11.6 Å². The van der Waals surface area contributed by atoms with Gasteiger partial charge in [-0.15, -0.1) is 0 Å². The fourth-order valence-electron chi connectivity index (χ4n) is 1.71. The Hall–Kier alpha value is -2.54. The number of rotatable bonds is 5. The van der Waals surface area contributed by atoms with Crippen LogP contribution in [0.4, 0.5) is 8.78 Å². The van der Waals surface area contributed by atoms with Crippen molar-refractivity contribution in [3.05, 3.63) is 65.2 Å². The Morgan fingerprint density at radius 1 is 1.23 bits per heavy atom. The van der Waals surface area contributed by atoms with Gasteiger partial charge in [-0.25, -0.2) is 8.78 Å². The van der Waals surface area contributed by atoms with E-state index in [4.69, 9.17) is 10.5 Å². The van der Waals surface area contributed by atoms with Crippen molar-refractivity contribution < 1.29 is 13.5 Å². The maximum absolute atomic E-state index is 13.1. The molecule has 0 amide bonds. The van der Waals surface area contributed by atoms with E-state index in [0.717, 1.165) is 29.3 Å². The smallest absolute Gasteiger partial charge is 0.184 e. The lowest BCUT2D eigenvalue weighted by atomic mass is 10.1. The average Bonchev–Trinajstić information content (AvgIpc) is 2.44. The van der Waals surface area contributed by atoms with Gasteiger partial charge < -0.3 is 10.5 Å². The molecular formula is C15H13F2N3OS. The van der Waals surface area contributed by atoms with Crippen molar-refractivity contribution in [2.45, 2.75) is 6.61 Å². The molecule has 0 saturated carbocycles. The van der Waals surface area contributed by atoms with Gasteiger partial charge in [-0.3, -0.25) is 5.43 Å². The summed E-state index contributed by atoms with van der Waals surface area (Å²) in [7, 11) is 0. The van der Waals surface area contributed by atoms with E-state index >= 15 is 0 Å². The number of nitrogens with one attached hydrogen (secondary N) is 1. The molecule has 0 fully saturated rings. The largest absolute Gasteiger partial charge is 0.489 e. The van der Waals surface area contributed by atoms with Crippen molar-refractivity contribution in [3.8, 4) is 5.75 Å². The van der Waals surface area contributed by atoms with E-state index in [1.165, 1.54) is 0 Å². The SMILES string of the molecule is NC(=S)NN=Cc1cccc(COc2cc(F)cc(F)c2)c1. The highest BCUT2D eigenvalue weighted by Crippen LogP contribution is 2.17. The van der Waals surface area contributed by atoms with Crippen molar-refractivity contribution in [3.63, 3.8) is 0 Å². The van der Waals surface area contributed by atoms with E-state index < -0.39 is 11.6 Å². The molecule has 22 heavy (non-hydrogen) atoms. The number of nitrogens with zero attached hydrogens (tertiary/aromatic N) is 1. The Labute approximate surface area is 131 Å². The molecule has 0 aliphatic rings. The fraction of sp³-hybridized carbons (Fsp3) is 0.0667. The predicted octanol–water partition coefficient (Wildman–Crippen LogP) is 2.71. The molecule has 2 rings (SSSR count). The van der Waals surface area contributed by atoms with E-state index in [1.54, 1.807) is 6.21 Å². The van der Waals surface area contributed by atoms with Gasteiger partial charge in [0, 0.05) is 18.2 Å². The first-order valence-corrected chi connectivity index (χ1v) is 6.70. The van der Waals surface area contributed by atoms with Gasteiger partial charge in [-0.05, 0) is 29.4 Å². The molecule has 0 aliphatic heterocycles. The molecule has 0 spiro atoms. The molecule has 0 aliphatic carbocycles. The lowest BCUT2D eigenvalue weighted by Crippen LogP contribution is -2.23. The molecule has 0 bridgehead atoms. The summed E-state index contributed by atoms with van der Waals surface area (Å²) in [6.45, 7) is 0.174. The molecule has 0 atom stereocenters. The maximum atomic E-state index is 13.1. The van der Waals surface area contributed by atoms with Crippen LogP contribution in [0.25, 0.3) is 0 Å². The lowest BCUT2D eigenvalue weighted by molar-refractivity contribution is 0.302. The highest BCUT2D eigenvalue weighted by atomic mass is 32.1.